The van der Waals surface area contributed by atoms with E-state index in [4.69, 9.17) is 0 Å². The minimum atomic E-state index is 0.0499. The summed E-state index contributed by atoms with van der Waals surface area (Å²) in [4.78, 5) is 27.2. The van der Waals surface area contributed by atoms with Crippen LogP contribution < -0.4 is 0 Å². The van der Waals surface area contributed by atoms with Crippen LogP contribution in [-0.2, 0) is 6.42 Å². The highest BCUT2D eigenvalue weighted by Gasteiger charge is 2.22. The number of pyridine rings is 1. The molecule has 4 rings (SSSR count). The van der Waals surface area contributed by atoms with Gasteiger partial charge < -0.3 is 4.90 Å². The van der Waals surface area contributed by atoms with Gasteiger partial charge in [-0.3, -0.25) is 9.78 Å². The molecule has 27 heavy (non-hydrogen) atoms. The molecule has 0 N–H and O–H groups in total. The maximum absolute atomic E-state index is 12.7. The van der Waals surface area contributed by atoms with Gasteiger partial charge in [-0.15, -0.1) is 0 Å². The fourth-order valence-electron chi connectivity index (χ4n) is 3.85. The van der Waals surface area contributed by atoms with Crippen LogP contribution in [-0.4, -0.2) is 38.8 Å². The van der Waals surface area contributed by atoms with E-state index in [0.717, 1.165) is 38.8 Å². The van der Waals surface area contributed by atoms with Crippen molar-refractivity contribution < 1.29 is 4.79 Å². The molecule has 3 heterocycles. The van der Waals surface area contributed by atoms with Crippen LogP contribution >= 0.6 is 0 Å². The molecule has 138 valence electrons. The van der Waals surface area contributed by atoms with Gasteiger partial charge in [0, 0.05) is 43.3 Å². The van der Waals surface area contributed by atoms with E-state index in [1.165, 1.54) is 16.3 Å². The largest absolute Gasteiger partial charge is 0.339 e. The lowest BCUT2D eigenvalue weighted by Crippen LogP contribution is -2.32. The highest BCUT2D eigenvalue weighted by Crippen LogP contribution is 2.24. The van der Waals surface area contributed by atoms with Gasteiger partial charge in [0.2, 0.25) is 0 Å². The SMILES string of the molecule is Cc1ncc(C(=O)N2CCC[C@@H](Cc3ccc4cnccc4c3)CC2)cn1. The molecular weight excluding hydrogens is 336 g/mol. The van der Waals surface area contributed by atoms with Crippen molar-refractivity contribution in [2.75, 3.05) is 13.1 Å². The van der Waals surface area contributed by atoms with Gasteiger partial charge in [-0.05, 0) is 55.5 Å². The van der Waals surface area contributed by atoms with Gasteiger partial charge in [0.05, 0.1) is 5.56 Å². The fraction of sp³-hybridized carbons (Fsp3) is 0.364. The molecule has 0 spiro atoms. The Bertz CT molecular complexity index is 938. The van der Waals surface area contributed by atoms with Crippen molar-refractivity contribution in [3.63, 3.8) is 0 Å². The highest BCUT2D eigenvalue weighted by atomic mass is 16.2. The van der Waals surface area contributed by atoms with Gasteiger partial charge in [0.25, 0.3) is 5.91 Å². The highest BCUT2D eigenvalue weighted by molar-refractivity contribution is 5.93. The molecule has 1 atom stereocenters. The number of nitrogens with zero attached hydrogens (tertiary/aromatic N) is 4. The van der Waals surface area contributed by atoms with Crippen molar-refractivity contribution in [3.05, 3.63) is 66.0 Å². The van der Waals surface area contributed by atoms with Crippen LogP contribution in [0.2, 0.25) is 0 Å². The van der Waals surface area contributed by atoms with Gasteiger partial charge in [0.15, 0.2) is 0 Å². The molecule has 1 amide bonds. The van der Waals surface area contributed by atoms with Crippen LogP contribution in [0, 0.1) is 12.8 Å². The third-order valence-electron chi connectivity index (χ3n) is 5.39. The molecule has 0 bridgehead atoms. The minimum Gasteiger partial charge on any atom is -0.339 e. The number of carbonyl (C=O) groups excluding carboxylic acids is 1. The molecular formula is C22H24N4O. The van der Waals surface area contributed by atoms with E-state index in [2.05, 4.69) is 39.2 Å². The van der Waals surface area contributed by atoms with Crippen LogP contribution in [0.5, 0.6) is 0 Å². The minimum absolute atomic E-state index is 0.0499. The number of hydrogen-bond donors (Lipinski definition) is 0. The molecule has 2 aromatic heterocycles. The lowest BCUT2D eigenvalue weighted by molar-refractivity contribution is 0.0759. The van der Waals surface area contributed by atoms with Crippen LogP contribution in [0.3, 0.4) is 0 Å². The number of rotatable bonds is 3. The van der Waals surface area contributed by atoms with Gasteiger partial charge in [-0.1, -0.05) is 18.2 Å². The van der Waals surface area contributed by atoms with Crippen LogP contribution in [0.4, 0.5) is 0 Å². The van der Waals surface area contributed by atoms with Gasteiger partial charge in [0.1, 0.15) is 5.82 Å². The molecule has 5 heteroatoms. The van der Waals surface area contributed by atoms with Crippen molar-refractivity contribution in [3.8, 4) is 0 Å². The maximum atomic E-state index is 12.7. The Hall–Kier alpha value is -2.82. The third-order valence-corrected chi connectivity index (χ3v) is 5.39. The van der Waals surface area contributed by atoms with Crippen molar-refractivity contribution in [1.29, 1.82) is 0 Å². The molecule has 3 aromatic rings. The summed E-state index contributed by atoms with van der Waals surface area (Å²) < 4.78 is 0. The Labute approximate surface area is 159 Å². The van der Waals surface area contributed by atoms with E-state index in [1.54, 1.807) is 12.4 Å². The smallest absolute Gasteiger partial charge is 0.256 e. The summed E-state index contributed by atoms with van der Waals surface area (Å²) in [5, 5.41) is 2.42. The van der Waals surface area contributed by atoms with Crippen molar-refractivity contribution >= 4 is 16.7 Å². The quantitative estimate of drug-likeness (QED) is 0.712. The number of hydrogen-bond acceptors (Lipinski definition) is 4. The number of likely N-dealkylation sites (tertiary alicyclic amines) is 1. The Kier molecular flexibility index (Phi) is 5.10. The van der Waals surface area contributed by atoms with Crippen molar-refractivity contribution in [1.82, 2.24) is 19.9 Å². The Morgan fingerprint density at radius 3 is 2.78 bits per heavy atom. The van der Waals surface area contributed by atoms with E-state index in [1.807, 2.05) is 24.2 Å². The zero-order valence-corrected chi connectivity index (χ0v) is 15.6. The van der Waals surface area contributed by atoms with E-state index in [-0.39, 0.29) is 5.91 Å². The zero-order valence-electron chi connectivity index (χ0n) is 15.6. The van der Waals surface area contributed by atoms with Crippen LogP contribution in [0.25, 0.3) is 10.8 Å². The molecule has 0 radical (unpaired) electrons. The predicted molar refractivity (Wildman–Crippen MR) is 105 cm³/mol. The summed E-state index contributed by atoms with van der Waals surface area (Å²) in [6.45, 7) is 3.44. The number of carbonyl (C=O) groups is 1. The first kappa shape index (κ1) is 17.6. The fourth-order valence-corrected chi connectivity index (χ4v) is 3.85. The predicted octanol–water partition coefficient (Wildman–Crippen LogP) is 3.82. The Morgan fingerprint density at radius 2 is 1.93 bits per heavy atom. The number of fused-ring (bicyclic) bond motifs is 1. The normalized spacial score (nSPS) is 17.7. The van der Waals surface area contributed by atoms with Gasteiger partial charge >= 0.3 is 0 Å². The van der Waals surface area contributed by atoms with Crippen molar-refractivity contribution in [2.24, 2.45) is 5.92 Å². The molecule has 1 aromatic carbocycles. The lowest BCUT2D eigenvalue weighted by atomic mass is 9.92. The average Bonchev–Trinajstić information content (AvgIpc) is 2.93. The first-order valence-corrected chi connectivity index (χ1v) is 9.59. The summed E-state index contributed by atoms with van der Waals surface area (Å²) in [6, 6.07) is 8.70. The van der Waals surface area contributed by atoms with E-state index >= 15 is 0 Å². The molecule has 1 fully saturated rings. The van der Waals surface area contributed by atoms with E-state index in [0.29, 0.717) is 17.3 Å². The Balaban J connectivity index is 1.40. The third kappa shape index (κ3) is 4.13. The summed E-state index contributed by atoms with van der Waals surface area (Å²) >= 11 is 0. The second kappa shape index (κ2) is 7.82. The number of aryl methyl sites for hydroxylation is 1. The Morgan fingerprint density at radius 1 is 1.07 bits per heavy atom. The first-order valence-electron chi connectivity index (χ1n) is 9.59. The van der Waals surface area contributed by atoms with Gasteiger partial charge in [-0.2, -0.15) is 0 Å². The van der Waals surface area contributed by atoms with E-state index in [9.17, 15) is 4.79 Å². The number of benzene rings is 1. The average molecular weight is 360 g/mol. The topological polar surface area (TPSA) is 59.0 Å². The van der Waals surface area contributed by atoms with E-state index < -0.39 is 0 Å². The molecule has 0 aliphatic carbocycles. The molecule has 1 saturated heterocycles. The monoisotopic (exact) mass is 360 g/mol. The molecule has 0 saturated carbocycles. The lowest BCUT2D eigenvalue weighted by Gasteiger charge is -2.20. The van der Waals surface area contributed by atoms with Crippen molar-refractivity contribution in [2.45, 2.75) is 32.6 Å². The summed E-state index contributed by atoms with van der Waals surface area (Å²) in [5.74, 6) is 1.35. The van der Waals surface area contributed by atoms with Crippen LogP contribution in [0.1, 0.15) is 41.0 Å². The maximum Gasteiger partial charge on any atom is 0.256 e. The number of amides is 1. The molecule has 1 aliphatic rings. The second-order valence-electron chi connectivity index (χ2n) is 7.37. The molecule has 1 aliphatic heterocycles. The molecule has 5 nitrogen and oxygen atoms in total. The molecule has 0 unspecified atom stereocenters. The van der Waals surface area contributed by atoms with Gasteiger partial charge in [-0.25, -0.2) is 9.97 Å². The number of aromatic nitrogens is 3. The zero-order chi connectivity index (χ0) is 18.6. The summed E-state index contributed by atoms with van der Waals surface area (Å²) in [6.07, 6.45) is 11.3. The standard InChI is InChI=1S/C22H24N4O/c1-16-24-14-21(15-25-16)22(27)26-9-2-3-17(7-10-26)11-18-4-5-20-13-23-8-6-19(20)12-18/h4-6,8,12-15,17H,2-3,7,9-11H2,1H3/t17-/m1/s1. The first-order chi connectivity index (χ1) is 13.2. The summed E-state index contributed by atoms with van der Waals surface area (Å²) in [7, 11) is 0. The summed E-state index contributed by atoms with van der Waals surface area (Å²) in [5.41, 5.74) is 1.95. The second-order valence-corrected chi connectivity index (χ2v) is 7.37. The van der Waals surface area contributed by atoms with Crippen LogP contribution in [0.15, 0.2) is 49.1 Å².